The van der Waals surface area contributed by atoms with Gasteiger partial charge in [0.25, 0.3) is 5.91 Å². The molecule has 0 atom stereocenters. The quantitative estimate of drug-likeness (QED) is 0.734. The topological polar surface area (TPSA) is 59.8 Å². The Hall–Kier alpha value is -1.89. The summed E-state index contributed by atoms with van der Waals surface area (Å²) in [6.45, 7) is 2.55. The van der Waals surface area contributed by atoms with Crippen molar-refractivity contribution < 1.29 is 4.79 Å². The van der Waals surface area contributed by atoms with Gasteiger partial charge in [0.05, 0.1) is 10.7 Å². The predicted molar refractivity (Wildman–Crippen MR) is 93.4 cm³/mol. The predicted octanol–water partition coefficient (Wildman–Crippen LogP) is 4.59. The first-order valence-electron chi connectivity index (χ1n) is 6.82. The number of thiazole rings is 1. The second-order valence-corrected chi connectivity index (χ2v) is 6.35. The van der Waals surface area contributed by atoms with Gasteiger partial charge in [0.2, 0.25) is 0 Å². The van der Waals surface area contributed by atoms with E-state index in [-0.39, 0.29) is 5.91 Å². The first-order valence-corrected chi connectivity index (χ1v) is 8.46. The molecule has 1 amide bonds. The summed E-state index contributed by atoms with van der Waals surface area (Å²) in [4.78, 5) is 16.7. The van der Waals surface area contributed by atoms with Gasteiger partial charge in [0.15, 0.2) is 5.13 Å². The third-order valence-electron chi connectivity index (χ3n) is 3.18. The average Bonchev–Trinajstić information content (AvgIpc) is 3.18. The van der Waals surface area contributed by atoms with Crippen molar-refractivity contribution in [3.8, 4) is 11.3 Å². The highest BCUT2D eigenvalue weighted by molar-refractivity contribution is 7.14. The van der Waals surface area contributed by atoms with Crippen LogP contribution in [-0.4, -0.2) is 20.7 Å². The van der Waals surface area contributed by atoms with Crippen LogP contribution in [0.4, 0.5) is 5.13 Å². The van der Waals surface area contributed by atoms with Crippen LogP contribution in [0.25, 0.3) is 11.3 Å². The van der Waals surface area contributed by atoms with E-state index in [1.54, 1.807) is 35.1 Å². The number of nitrogens with zero attached hydrogens (tertiary/aromatic N) is 3. The van der Waals surface area contributed by atoms with Crippen LogP contribution in [0.1, 0.15) is 17.4 Å². The van der Waals surface area contributed by atoms with Crippen LogP contribution in [0, 0.1) is 0 Å². The molecule has 0 saturated heterocycles. The molecule has 2 heterocycles. The third-order valence-corrected chi connectivity index (χ3v) is 4.50. The zero-order valence-electron chi connectivity index (χ0n) is 12.1. The zero-order valence-corrected chi connectivity index (χ0v) is 14.4. The highest BCUT2D eigenvalue weighted by Gasteiger charge is 2.14. The molecule has 0 radical (unpaired) electrons. The lowest BCUT2D eigenvalue weighted by Crippen LogP contribution is -2.17. The average molecular weight is 367 g/mol. The summed E-state index contributed by atoms with van der Waals surface area (Å²) in [7, 11) is 0. The lowest BCUT2D eigenvalue weighted by molar-refractivity contribution is 0.101. The number of anilines is 1. The first-order chi connectivity index (χ1) is 11.1. The Bertz CT molecular complexity index is 859. The summed E-state index contributed by atoms with van der Waals surface area (Å²) in [5, 5.41) is 10.3. The van der Waals surface area contributed by atoms with Gasteiger partial charge < -0.3 is 0 Å². The van der Waals surface area contributed by atoms with Crippen LogP contribution < -0.4 is 5.32 Å². The van der Waals surface area contributed by atoms with Crippen LogP contribution in [0.2, 0.25) is 10.0 Å². The number of nitrogens with one attached hydrogen (secondary N) is 1. The fourth-order valence-electron chi connectivity index (χ4n) is 2.09. The minimum atomic E-state index is -0.248. The normalized spacial score (nSPS) is 10.7. The van der Waals surface area contributed by atoms with Crippen molar-refractivity contribution in [2.24, 2.45) is 0 Å². The Morgan fingerprint density at radius 1 is 1.35 bits per heavy atom. The minimum absolute atomic E-state index is 0.248. The largest absolute Gasteiger partial charge is 0.296 e. The molecule has 0 aliphatic rings. The van der Waals surface area contributed by atoms with Crippen molar-refractivity contribution in [2.75, 3.05) is 5.32 Å². The Morgan fingerprint density at radius 2 is 2.17 bits per heavy atom. The van der Waals surface area contributed by atoms with Crippen molar-refractivity contribution in [2.45, 2.75) is 13.5 Å². The second kappa shape index (κ2) is 6.70. The van der Waals surface area contributed by atoms with Gasteiger partial charge in [-0.15, -0.1) is 11.3 Å². The number of hydrogen-bond donors (Lipinski definition) is 1. The van der Waals surface area contributed by atoms with E-state index in [0.29, 0.717) is 33.1 Å². The molecule has 0 fully saturated rings. The van der Waals surface area contributed by atoms with Crippen LogP contribution >= 0.6 is 34.5 Å². The van der Waals surface area contributed by atoms with Gasteiger partial charge in [-0.05, 0) is 31.2 Å². The first kappa shape index (κ1) is 16.0. The maximum absolute atomic E-state index is 12.3. The molecule has 0 unspecified atom stereocenters. The number of carbonyl (C=O) groups is 1. The molecule has 118 valence electrons. The maximum atomic E-state index is 12.3. The molecule has 1 N–H and O–H groups in total. The van der Waals surface area contributed by atoms with Gasteiger partial charge >= 0.3 is 0 Å². The van der Waals surface area contributed by atoms with Crippen LogP contribution in [-0.2, 0) is 6.54 Å². The molecular formula is C15H12Cl2N4OS. The van der Waals surface area contributed by atoms with E-state index in [1.165, 1.54) is 11.3 Å². The smallest absolute Gasteiger partial charge is 0.275 e. The molecule has 2 aromatic heterocycles. The van der Waals surface area contributed by atoms with E-state index >= 15 is 0 Å². The van der Waals surface area contributed by atoms with Gasteiger partial charge in [0, 0.05) is 28.7 Å². The number of amides is 1. The van der Waals surface area contributed by atoms with Gasteiger partial charge in [0.1, 0.15) is 5.69 Å². The molecule has 5 nitrogen and oxygen atoms in total. The Balaban J connectivity index is 1.82. The van der Waals surface area contributed by atoms with Crippen LogP contribution in [0.3, 0.4) is 0 Å². The number of rotatable bonds is 4. The van der Waals surface area contributed by atoms with Crippen molar-refractivity contribution in [1.82, 2.24) is 14.8 Å². The van der Waals surface area contributed by atoms with Gasteiger partial charge in [-0.25, -0.2) is 4.98 Å². The molecule has 23 heavy (non-hydrogen) atoms. The molecule has 1 aromatic carbocycles. The van der Waals surface area contributed by atoms with Crippen molar-refractivity contribution >= 4 is 45.6 Å². The van der Waals surface area contributed by atoms with E-state index in [0.717, 1.165) is 5.56 Å². The molecule has 0 saturated carbocycles. The number of hydrogen-bond acceptors (Lipinski definition) is 4. The van der Waals surface area contributed by atoms with Crippen molar-refractivity contribution in [3.05, 3.63) is 51.6 Å². The van der Waals surface area contributed by atoms with E-state index in [2.05, 4.69) is 15.4 Å². The van der Waals surface area contributed by atoms with E-state index in [4.69, 9.17) is 23.2 Å². The summed E-state index contributed by atoms with van der Waals surface area (Å²) in [5.41, 5.74) is 1.89. The molecule has 0 aliphatic carbocycles. The van der Waals surface area contributed by atoms with Crippen LogP contribution in [0.15, 0.2) is 35.8 Å². The Kier molecular flexibility index (Phi) is 4.66. The fraction of sp³-hybridized carbons (Fsp3) is 0.133. The van der Waals surface area contributed by atoms with Gasteiger partial charge in [-0.1, -0.05) is 23.2 Å². The summed E-state index contributed by atoms with van der Waals surface area (Å²) in [6.07, 6.45) is 1.59. The van der Waals surface area contributed by atoms with Gasteiger partial charge in [-0.2, -0.15) is 5.10 Å². The Morgan fingerprint density at radius 3 is 2.96 bits per heavy atom. The summed E-state index contributed by atoms with van der Waals surface area (Å²) in [5.74, 6) is -0.248. The molecule has 8 heteroatoms. The number of halogens is 2. The molecule has 3 aromatic rings. The van der Waals surface area contributed by atoms with E-state index in [1.807, 2.05) is 12.3 Å². The zero-order chi connectivity index (χ0) is 16.4. The Labute approximate surface area is 146 Å². The van der Waals surface area contributed by atoms with Crippen molar-refractivity contribution in [3.63, 3.8) is 0 Å². The lowest BCUT2D eigenvalue weighted by atomic mass is 10.2. The SMILES string of the molecule is CCn1nccc1C(=O)Nc1nc(-c2cc(Cl)ccc2Cl)cs1. The number of aryl methyl sites for hydroxylation is 1. The standard InChI is InChI=1S/C15H12Cl2N4OS/c1-2-21-13(5-6-18-21)14(22)20-15-19-12(8-23-15)10-7-9(16)3-4-11(10)17/h3-8H,2H2,1H3,(H,19,20,22). The molecule has 0 spiro atoms. The van der Waals surface area contributed by atoms with Crippen LogP contribution in [0.5, 0.6) is 0 Å². The summed E-state index contributed by atoms with van der Waals surface area (Å²) >= 11 is 13.5. The van der Waals surface area contributed by atoms with Gasteiger partial charge in [-0.3, -0.25) is 14.8 Å². The molecule has 0 aliphatic heterocycles. The highest BCUT2D eigenvalue weighted by atomic mass is 35.5. The fourth-order valence-corrected chi connectivity index (χ4v) is 3.18. The van der Waals surface area contributed by atoms with E-state index < -0.39 is 0 Å². The van der Waals surface area contributed by atoms with Crippen molar-refractivity contribution in [1.29, 1.82) is 0 Å². The highest BCUT2D eigenvalue weighted by Crippen LogP contribution is 2.32. The lowest BCUT2D eigenvalue weighted by Gasteiger charge is -2.04. The third kappa shape index (κ3) is 3.39. The molecule has 0 bridgehead atoms. The maximum Gasteiger partial charge on any atom is 0.275 e. The molecular weight excluding hydrogens is 355 g/mol. The number of aromatic nitrogens is 3. The minimum Gasteiger partial charge on any atom is -0.296 e. The summed E-state index contributed by atoms with van der Waals surface area (Å²) in [6, 6.07) is 6.85. The number of carbonyl (C=O) groups excluding carboxylic acids is 1. The monoisotopic (exact) mass is 366 g/mol. The summed E-state index contributed by atoms with van der Waals surface area (Å²) < 4.78 is 1.62. The molecule has 3 rings (SSSR count). The number of benzene rings is 1. The van der Waals surface area contributed by atoms with E-state index in [9.17, 15) is 4.79 Å². The second-order valence-electron chi connectivity index (χ2n) is 4.65.